The van der Waals surface area contributed by atoms with Crippen molar-refractivity contribution in [1.82, 2.24) is 5.32 Å². The number of alkyl carbamates (subject to hydrolysis) is 1. The topological polar surface area (TPSA) is 58.6 Å². The van der Waals surface area contributed by atoms with Gasteiger partial charge in [-0.1, -0.05) is 90.7 Å². The maximum Gasteiger partial charge on any atom is 0.407 e. The van der Waals surface area contributed by atoms with Crippen molar-refractivity contribution in [1.29, 1.82) is 0 Å². The third-order valence-corrected chi connectivity index (χ3v) is 5.19. The lowest BCUT2D eigenvalue weighted by atomic mass is 10.1. The van der Waals surface area contributed by atoms with Gasteiger partial charge in [-0.15, -0.1) is 0 Å². The van der Waals surface area contributed by atoms with Crippen LogP contribution in [-0.2, 0) is 4.74 Å². The van der Waals surface area contributed by atoms with Crippen molar-refractivity contribution in [3.8, 4) is 0 Å². The average Bonchev–Trinajstić information content (AvgIpc) is 2.68. The fourth-order valence-corrected chi connectivity index (χ4v) is 3.13. The largest absolute Gasteiger partial charge is 0.450 e. The Balaban J connectivity index is 3.31. The van der Waals surface area contributed by atoms with Crippen molar-refractivity contribution in [3.05, 3.63) is 12.2 Å². The maximum absolute atomic E-state index is 11.6. The molecule has 1 unspecified atom stereocenters. The summed E-state index contributed by atoms with van der Waals surface area (Å²) in [6.07, 6.45) is 22.1. The minimum atomic E-state index is -0.416. The van der Waals surface area contributed by atoms with Crippen LogP contribution in [0.5, 0.6) is 0 Å². The number of unbranched alkanes of at least 4 members (excludes halogenated alkanes) is 12. The number of aliphatic hydroxyl groups is 1. The molecule has 0 radical (unpaired) electrons. The molecule has 0 aromatic rings. The molecule has 0 heterocycles. The van der Waals surface area contributed by atoms with Gasteiger partial charge in [0.1, 0.15) is 0 Å². The Morgan fingerprint density at radius 2 is 1.36 bits per heavy atom. The molecule has 0 saturated carbocycles. The third-order valence-electron chi connectivity index (χ3n) is 5.19. The molecule has 0 aliphatic carbocycles. The van der Waals surface area contributed by atoms with Crippen LogP contribution >= 0.6 is 0 Å². The predicted octanol–water partition coefficient (Wildman–Crippen LogP) is 6.77. The zero-order chi connectivity index (χ0) is 20.9. The quantitative estimate of drug-likeness (QED) is 0.187. The summed E-state index contributed by atoms with van der Waals surface area (Å²) in [5, 5.41) is 11.9. The van der Waals surface area contributed by atoms with Gasteiger partial charge in [0.15, 0.2) is 0 Å². The molecule has 166 valence electrons. The minimum Gasteiger partial charge on any atom is -0.450 e. The van der Waals surface area contributed by atoms with E-state index in [2.05, 4.69) is 24.4 Å². The van der Waals surface area contributed by atoms with Crippen molar-refractivity contribution >= 4 is 6.09 Å². The van der Waals surface area contributed by atoms with E-state index in [0.717, 1.165) is 12.8 Å². The Morgan fingerprint density at radius 3 is 1.86 bits per heavy atom. The SMILES string of the molecule is CCCCCCCCC=CCCCCCCCCOC(=O)NC(CO)C(C)C. The summed E-state index contributed by atoms with van der Waals surface area (Å²) in [5.74, 6) is 0.197. The van der Waals surface area contributed by atoms with E-state index in [1.165, 1.54) is 77.0 Å². The highest BCUT2D eigenvalue weighted by molar-refractivity contribution is 5.67. The average molecular weight is 398 g/mol. The van der Waals surface area contributed by atoms with E-state index in [-0.39, 0.29) is 18.6 Å². The lowest BCUT2D eigenvalue weighted by molar-refractivity contribution is 0.127. The highest BCUT2D eigenvalue weighted by atomic mass is 16.5. The van der Waals surface area contributed by atoms with Gasteiger partial charge in [-0.3, -0.25) is 0 Å². The van der Waals surface area contributed by atoms with Gasteiger partial charge in [0.25, 0.3) is 0 Å². The lowest BCUT2D eigenvalue weighted by Crippen LogP contribution is -2.41. The molecule has 0 aromatic carbocycles. The van der Waals surface area contributed by atoms with Gasteiger partial charge < -0.3 is 15.2 Å². The monoisotopic (exact) mass is 397 g/mol. The fraction of sp³-hybridized carbons (Fsp3) is 0.875. The summed E-state index contributed by atoms with van der Waals surface area (Å²) in [4.78, 5) is 11.6. The van der Waals surface area contributed by atoms with Crippen LogP contribution in [0.25, 0.3) is 0 Å². The predicted molar refractivity (Wildman–Crippen MR) is 120 cm³/mol. The first-order chi connectivity index (χ1) is 13.6. The Labute approximate surface area is 174 Å². The maximum atomic E-state index is 11.6. The molecular weight excluding hydrogens is 350 g/mol. The van der Waals surface area contributed by atoms with E-state index >= 15 is 0 Å². The van der Waals surface area contributed by atoms with E-state index in [4.69, 9.17) is 4.74 Å². The molecule has 1 amide bonds. The summed E-state index contributed by atoms with van der Waals surface area (Å²) < 4.78 is 5.17. The van der Waals surface area contributed by atoms with Crippen LogP contribution in [0.4, 0.5) is 4.79 Å². The second-order valence-corrected chi connectivity index (χ2v) is 8.25. The first kappa shape index (κ1) is 27.0. The second-order valence-electron chi connectivity index (χ2n) is 8.25. The van der Waals surface area contributed by atoms with E-state index in [0.29, 0.717) is 6.61 Å². The standard InChI is InChI=1S/C24H47NO3/c1-4-5-6-7-8-9-10-11-12-13-14-15-16-17-18-19-20-28-24(27)25-23(21-26)22(2)3/h11-12,22-23,26H,4-10,13-21H2,1-3H3,(H,25,27). The van der Waals surface area contributed by atoms with Crippen molar-refractivity contribution in [3.63, 3.8) is 0 Å². The summed E-state index contributed by atoms with van der Waals surface area (Å²) in [6.45, 7) is 6.60. The Morgan fingerprint density at radius 1 is 0.857 bits per heavy atom. The van der Waals surface area contributed by atoms with Crippen molar-refractivity contribution in [2.45, 2.75) is 117 Å². The number of ether oxygens (including phenoxy) is 1. The number of hydrogen-bond acceptors (Lipinski definition) is 3. The normalized spacial score (nSPS) is 12.6. The van der Waals surface area contributed by atoms with Crippen molar-refractivity contribution in [2.24, 2.45) is 5.92 Å². The first-order valence-corrected chi connectivity index (χ1v) is 11.8. The van der Waals surface area contributed by atoms with Gasteiger partial charge in [-0.2, -0.15) is 0 Å². The number of carbonyl (C=O) groups is 1. The molecule has 0 saturated heterocycles. The van der Waals surface area contributed by atoms with Crippen LogP contribution in [0.3, 0.4) is 0 Å². The number of rotatable bonds is 19. The van der Waals surface area contributed by atoms with E-state index in [1.54, 1.807) is 0 Å². The van der Waals surface area contributed by atoms with Gasteiger partial charge >= 0.3 is 6.09 Å². The summed E-state index contributed by atoms with van der Waals surface area (Å²) >= 11 is 0. The van der Waals surface area contributed by atoms with Crippen LogP contribution in [0.2, 0.25) is 0 Å². The highest BCUT2D eigenvalue weighted by Crippen LogP contribution is 2.10. The Bertz CT molecular complexity index is 369. The number of amides is 1. The van der Waals surface area contributed by atoms with Crippen LogP contribution in [0, 0.1) is 5.92 Å². The molecule has 28 heavy (non-hydrogen) atoms. The molecule has 1 atom stereocenters. The van der Waals surface area contributed by atoms with Gasteiger partial charge in [0, 0.05) is 0 Å². The highest BCUT2D eigenvalue weighted by Gasteiger charge is 2.15. The summed E-state index contributed by atoms with van der Waals surface area (Å²) in [7, 11) is 0. The Hall–Kier alpha value is -1.03. The molecule has 0 spiro atoms. The number of hydrogen-bond donors (Lipinski definition) is 2. The zero-order valence-electron chi connectivity index (χ0n) is 18.9. The number of nitrogens with one attached hydrogen (secondary N) is 1. The molecule has 0 fully saturated rings. The molecule has 4 nitrogen and oxygen atoms in total. The summed E-state index contributed by atoms with van der Waals surface area (Å²) in [5.41, 5.74) is 0. The third kappa shape index (κ3) is 18.3. The van der Waals surface area contributed by atoms with Gasteiger partial charge in [-0.05, 0) is 38.0 Å². The van der Waals surface area contributed by atoms with Crippen LogP contribution in [-0.4, -0.2) is 30.5 Å². The van der Waals surface area contributed by atoms with Gasteiger partial charge in [0.2, 0.25) is 0 Å². The van der Waals surface area contributed by atoms with Crippen LogP contribution < -0.4 is 5.32 Å². The van der Waals surface area contributed by atoms with E-state index < -0.39 is 6.09 Å². The minimum absolute atomic E-state index is 0.0546. The number of carbonyl (C=O) groups excluding carboxylic acids is 1. The fourth-order valence-electron chi connectivity index (χ4n) is 3.13. The number of allylic oxidation sites excluding steroid dienone is 2. The lowest BCUT2D eigenvalue weighted by Gasteiger charge is -2.19. The van der Waals surface area contributed by atoms with Crippen molar-refractivity contribution in [2.75, 3.05) is 13.2 Å². The second kappa shape index (κ2) is 20.7. The molecular formula is C24H47NO3. The number of aliphatic hydroxyl groups excluding tert-OH is 1. The van der Waals surface area contributed by atoms with E-state index in [1.807, 2.05) is 13.8 Å². The molecule has 4 heteroatoms. The smallest absolute Gasteiger partial charge is 0.407 e. The van der Waals surface area contributed by atoms with Crippen LogP contribution in [0.15, 0.2) is 12.2 Å². The molecule has 0 bridgehead atoms. The van der Waals surface area contributed by atoms with E-state index in [9.17, 15) is 9.90 Å². The molecule has 0 aliphatic heterocycles. The zero-order valence-corrected chi connectivity index (χ0v) is 18.9. The Kier molecular flexibility index (Phi) is 19.9. The molecule has 2 N–H and O–H groups in total. The first-order valence-electron chi connectivity index (χ1n) is 11.8. The molecule has 0 aliphatic rings. The van der Waals surface area contributed by atoms with Crippen LogP contribution in [0.1, 0.15) is 111 Å². The van der Waals surface area contributed by atoms with Crippen molar-refractivity contribution < 1.29 is 14.6 Å². The summed E-state index contributed by atoms with van der Waals surface area (Å²) in [6, 6.07) is -0.229. The molecule has 0 rings (SSSR count). The van der Waals surface area contributed by atoms with Gasteiger partial charge in [-0.25, -0.2) is 4.79 Å². The molecule has 0 aromatic heterocycles. The van der Waals surface area contributed by atoms with Gasteiger partial charge in [0.05, 0.1) is 19.3 Å².